The number of hydrogen-bond acceptors (Lipinski definition) is 3. The largest absolute Gasteiger partial charge is 0.481 e. The highest BCUT2D eigenvalue weighted by atomic mass is 19.3. The van der Waals surface area contributed by atoms with Crippen LogP contribution in [0.3, 0.4) is 0 Å². The number of halogens is 2. The summed E-state index contributed by atoms with van der Waals surface area (Å²) in [6, 6.07) is 4.10. The summed E-state index contributed by atoms with van der Waals surface area (Å²) in [5.74, 6) is -2.87. The van der Waals surface area contributed by atoms with Crippen molar-refractivity contribution in [3.05, 3.63) is 23.9 Å². The highest BCUT2D eigenvalue weighted by Gasteiger charge is 2.31. The number of methoxy groups -OCH3 is 1. The van der Waals surface area contributed by atoms with E-state index in [9.17, 15) is 8.78 Å². The van der Waals surface area contributed by atoms with Crippen molar-refractivity contribution in [2.75, 3.05) is 7.11 Å². The Bertz CT molecular complexity index is 374. The van der Waals surface area contributed by atoms with Crippen molar-refractivity contribution in [2.24, 2.45) is 0 Å². The lowest BCUT2D eigenvalue weighted by Crippen LogP contribution is -2.13. The summed E-state index contributed by atoms with van der Waals surface area (Å²) in [7, 11) is 1.36. The van der Waals surface area contributed by atoms with Gasteiger partial charge in [0.05, 0.1) is 13.2 Å². The first-order chi connectivity index (χ1) is 7.10. The molecule has 0 aliphatic heterocycles. The minimum atomic E-state index is -3.01. The lowest BCUT2D eigenvalue weighted by atomic mass is 10.1. The Kier molecular flexibility index (Phi) is 3.56. The van der Waals surface area contributed by atoms with Gasteiger partial charge in [0.1, 0.15) is 0 Å². The molecule has 0 bridgehead atoms. The molecule has 5 heteroatoms. The van der Waals surface area contributed by atoms with Crippen molar-refractivity contribution in [2.45, 2.75) is 18.8 Å². The third-order valence-corrected chi connectivity index (χ3v) is 1.92. The zero-order valence-corrected chi connectivity index (χ0v) is 8.20. The average Bonchev–Trinajstić information content (AvgIpc) is 2.26. The molecule has 0 unspecified atom stereocenters. The first-order valence-corrected chi connectivity index (χ1v) is 4.35. The molecular weight excluding hydrogens is 202 g/mol. The zero-order chi connectivity index (χ0) is 11.3. The normalized spacial score (nSPS) is 10.8. The van der Waals surface area contributed by atoms with Gasteiger partial charge in [-0.05, 0) is 6.07 Å². The molecule has 1 aromatic rings. The quantitative estimate of drug-likeness (QED) is 0.770. The SMILES string of the molecule is COc1cc(C(F)(F)CCC#N)ccn1. The van der Waals surface area contributed by atoms with E-state index in [0.29, 0.717) is 0 Å². The Morgan fingerprint density at radius 1 is 1.60 bits per heavy atom. The predicted octanol–water partition coefficient (Wildman–Crippen LogP) is 2.49. The van der Waals surface area contributed by atoms with E-state index in [-0.39, 0.29) is 17.9 Å². The Balaban J connectivity index is 2.89. The smallest absolute Gasteiger partial charge is 0.274 e. The molecule has 1 aromatic heterocycles. The molecule has 0 N–H and O–H groups in total. The number of ether oxygens (including phenoxy) is 1. The van der Waals surface area contributed by atoms with Crippen LogP contribution in [-0.4, -0.2) is 12.1 Å². The minimum Gasteiger partial charge on any atom is -0.481 e. The van der Waals surface area contributed by atoms with Crippen molar-refractivity contribution in [3.63, 3.8) is 0 Å². The standard InChI is InChI=1S/C10H10F2N2O/c1-15-9-7-8(3-6-14-9)10(11,12)4-2-5-13/h3,6-7H,2,4H2,1H3. The Morgan fingerprint density at radius 3 is 2.93 bits per heavy atom. The molecule has 80 valence electrons. The summed E-state index contributed by atoms with van der Waals surface area (Å²) in [4.78, 5) is 3.73. The molecule has 0 spiro atoms. The topological polar surface area (TPSA) is 45.9 Å². The van der Waals surface area contributed by atoms with Crippen molar-refractivity contribution >= 4 is 0 Å². The van der Waals surface area contributed by atoms with Crippen molar-refractivity contribution in [1.82, 2.24) is 4.98 Å². The van der Waals surface area contributed by atoms with Gasteiger partial charge >= 0.3 is 0 Å². The van der Waals surface area contributed by atoms with Crippen molar-refractivity contribution < 1.29 is 13.5 Å². The van der Waals surface area contributed by atoms with E-state index in [2.05, 4.69) is 4.98 Å². The van der Waals surface area contributed by atoms with Gasteiger partial charge in [0.25, 0.3) is 5.92 Å². The van der Waals surface area contributed by atoms with Gasteiger partial charge in [0.15, 0.2) is 0 Å². The summed E-state index contributed by atoms with van der Waals surface area (Å²) in [5, 5.41) is 8.26. The molecule has 0 aliphatic rings. The molecule has 1 heterocycles. The average molecular weight is 212 g/mol. The van der Waals surface area contributed by atoms with Crippen LogP contribution in [0.2, 0.25) is 0 Å². The number of nitriles is 1. The summed E-state index contributed by atoms with van der Waals surface area (Å²) in [5.41, 5.74) is -0.176. The molecular formula is C10H10F2N2O. The molecule has 0 saturated carbocycles. The first-order valence-electron chi connectivity index (χ1n) is 4.35. The molecule has 1 rings (SSSR count). The molecule has 0 aromatic carbocycles. The van der Waals surface area contributed by atoms with Gasteiger partial charge in [-0.25, -0.2) is 13.8 Å². The number of aromatic nitrogens is 1. The molecule has 15 heavy (non-hydrogen) atoms. The summed E-state index contributed by atoms with van der Waals surface area (Å²) in [6.07, 6.45) is 0.586. The molecule has 3 nitrogen and oxygen atoms in total. The molecule has 0 atom stereocenters. The fourth-order valence-corrected chi connectivity index (χ4v) is 1.11. The van der Waals surface area contributed by atoms with E-state index >= 15 is 0 Å². The van der Waals surface area contributed by atoms with E-state index in [1.54, 1.807) is 6.07 Å². The highest BCUT2D eigenvalue weighted by Crippen LogP contribution is 2.33. The lowest BCUT2D eigenvalue weighted by Gasteiger charge is -2.15. The maximum absolute atomic E-state index is 13.4. The van der Waals surface area contributed by atoms with Crippen LogP contribution in [0.4, 0.5) is 8.78 Å². The Morgan fingerprint density at radius 2 is 2.33 bits per heavy atom. The molecule has 0 radical (unpaired) electrons. The highest BCUT2D eigenvalue weighted by molar-refractivity contribution is 5.24. The number of hydrogen-bond donors (Lipinski definition) is 0. The molecule has 0 amide bonds. The second-order valence-corrected chi connectivity index (χ2v) is 2.95. The summed E-state index contributed by atoms with van der Waals surface area (Å²) in [6.45, 7) is 0. The molecule has 0 fully saturated rings. The van der Waals surface area contributed by atoms with Crippen LogP contribution < -0.4 is 4.74 Å². The van der Waals surface area contributed by atoms with E-state index in [0.717, 1.165) is 0 Å². The molecule has 0 aliphatic carbocycles. The van der Waals surface area contributed by atoms with Crippen molar-refractivity contribution in [1.29, 1.82) is 5.26 Å². The second-order valence-electron chi connectivity index (χ2n) is 2.95. The van der Waals surface area contributed by atoms with Crippen LogP contribution in [0.5, 0.6) is 5.88 Å². The summed E-state index contributed by atoms with van der Waals surface area (Å²) >= 11 is 0. The zero-order valence-electron chi connectivity index (χ0n) is 8.20. The van der Waals surface area contributed by atoms with Crippen LogP contribution >= 0.6 is 0 Å². The third kappa shape index (κ3) is 2.88. The van der Waals surface area contributed by atoms with Crippen LogP contribution in [0.15, 0.2) is 18.3 Å². The number of nitrogens with zero attached hydrogens (tertiary/aromatic N) is 2. The van der Waals surface area contributed by atoms with E-state index in [1.807, 2.05) is 0 Å². The maximum atomic E-state index is 13.4. The second kappa shape index (κ2) is 4.69. The van der Waals surface area contributed by atoms with Gasteiger partial charge in [0.2, 0.25) is 5.88 Å². The third-order valence-electron chi connectivity index (χ3n) is 1.92. The Labute approximate surface area is 86.3 Å². The van der Waals surface area contributed by atoms with Crippen molar-refractivity contribution in [3.8, 4) is 11.9 Å². The van der Waals surface area contributed by atoms with Gasteiger partial charge in [-0.1, -0.05) is 0 Å². The van der Waals surface area contributed by atoms with Gasteiger partial charge in [-0.3, -0.25) is 0 Å². The molecule has 0 saturated heterocycles. The summed E-state index contributed by atoms with van der Waals surface area (Å²) < 4.78 is 31.6. The fraction of sp³-hybridized carbons (Fsp3) is 0.400. The van der Waals surface area contributed by atoms with Gasteiger partial charge in [-0.15, -0.1) is 0 Å². The fourth-order valence-electron chi connectivity index (χ4n) is 1.11. The van der Waals surface area contributed by atoms with Crippen LogP contribution in [0.1, 0.15) is 18.4 Å². The van der Waals surface area contributed by atoms with Crippen LogP contribution in [0, 0.1) is 11.3 Å². The minimum absolute atomic E-state index is 0.143. The monoisotopic (exact) mass is 212 g/mol. The number of pyridine rings is 1. The predicted molar refractivity (Wildman–Crippen MR) is 49.5 cm³/mol. The van der Waals surface area contributed by atoms with Gasteiger partial charge in [0, 0.05) is 30.7 Å². The van der Waals surface area contributed by atoms with E-state index < -0.39 is 12.3 Å². The number of rotatable bonds is 4. The van der Waals surface area contributed by atoms with Crippen LogP contribution in [-0.2, 0) is 5.92 Å². The van der Waals surface area contributed by atoms with E-state index in [1.165, 1.54) is 25.4 Å². The number of alkyl halides is 2. The first kappa shape index (κ1) is 11.4. The lowest BCUT2D eigenvalue weighted by molar-refractivity contribution is -0.0122. The van der Waals surface area contributed by atoms with Gasteiger partial charge in [-0.2, -0.15) is 5.26 Å². The van der Waals surface area contributed by atoms with Gasteiger partial charge < -0.3 is 4.74 Å². The van der Waals surface area contributed by atoms with E-state index in [4.69, 9.17) is 10.00 Å². The van der Waals surface area contributed by atoms with Crippen LogP contribution in [0.25, 0.3) is 0 Å². The maximum Gasteiger partial charge on any atom is 0.274 e. The Hall–Kier alpha value is -1.70.